The van der Waals surface area contributed by atoms with Crippen LogP contribution in [0, 0.1) is 0 Å². The molecule has 0 radical (unpaired) electrons. The normalized spacial score (nSPS) is 17.2. The van der Waals surface area contributed by atoms with Crippen molar-refractivity contribution in [1.82, 2.24) is 24.8 Å². The molecule has 8 nitrogen and oxygen atoms in total. The van der Waals surface area contributed by atoms with Crippen molar-refractivity contribution >= 4 is 32.7 Å². The van der Waals surface area contributed by atoms with Gasteiger partial charge in [-0.25, -0.2) is 9.97 Å². The molecule has 1 aliphatic heterocycles. The largest absolute Gasteiger partial charge is 0.431 e. The van der Waals surface area contributed by atoms with Crippen molar-refractivity contribution in [2.75, 3.05) is 6.54 Å². The number of aliphatic hydroxyl groups is 1. The number of rotatable bonds is 3. The van der Waals surface area contributed by atoms with E-state index in [0.717, 1.165) is 28.0 Å². The molecule has 4 heterocycles. The highest BCUT2D eigenvalue weighted by Gasteiger charge is 2.38. The second kappa shape index (κ2) is 7.33. The van der Waals surface area contributed by atoms with Gasteiger partial charge in [-0.1, -0.05) is 24.3 Å². The predicted molar refractivity (Wildman–Crippen MR) is 112 cm³/mol. The van der Waals surface area contributed by atoms with Crippen LogP contribution in [0.3, 0.4) is 0 Å². The Balaban J connectivity index is 1.60. The molecule has 1 aromatic carbocycles. The number of hydrogen-bond acceptors (Lipinski definition) is 6. The third-order valence-corrected chi connectivity index (χ3v) is 5.78. The number of carbonyl (C=O) groups excluding carboxylic acids is 1. The Bertz CT molecular complexity index is 1250. The zero-order valence-electron chi connectivity index (χ0n) is 16.0. The van der Waals surface area contributed by atoms with E-state index in [1.807, 2.05) is 36.4 Å². The Hall–Kier alpha value is -3.04. The number of H-pyrrole nitrogens is 1. The van der Waals surface area contributed by atoms with Gasteiger partial charge in [-0.15, -0.1) is 0 Å². The highest BCUT2D eigenvalue weighted by atomic mass is 79.9. The van der Waals surface area contributed by atoms with Crippen molar-refractivity contribution in [3.8, 4) is 0 Å². The molecule has 2 N–H and O–H groups in total. The van der Waals surface area contributed by atoms with Crippen molar-refractivity contribution in [1.29, 1.82) is 0 Å². The Morgan fingerprint density at radius 2 is 2.13 bits per heavy atom. The molecule has 1 amide bonds. The summed E-state index contributed by atoms with van der Waals surface area (Å²) in [6.45, 7) is 2.00. The number of aromatic amines is 1. The lowest BCUT2D eigenvalue weighted by Gasteiger charge is -2.34. The van der Waals surface area contributed by atoms with E-state index in [0.29, 0.717) is 13.0 Å². The molecule has 30 heavy (non-hydrogen) atoms. The first-order valence-corrected chi connectivity index (χ1v) is 10.4. The van der Waals surface area contributed by atoms with Crippen molar-refractivity contribution < 1.29 is 14.3 Å². The molecule has 1 unspecified atom stereocenters. The van der Waals surface area contributed by atoms with Crippen LogP contribution in [0.4, 0.5) is 0 Å². The summed E-state index contributed by atoms with van der Waals surface area (Å²) in [7, 11) is 0. The number of para-hydroxylation sites is 1. The van der Waals surface area contributed by atoms with Gasteiger partial charge in [0.25, 0.3) is 5.91 Å². The quantitative estimate of drug-likeness (QED) is 0.476. The molecule has 0 saturated carbocycles. The summed E-state index contributed by atoms with van der Waals surface area (Å²) in [6, 6.07) is 11.3. The minimum atomic E-state index is -0.917. The summed E-state index contributed by atoms with van der Waals surface area (Å²) < 4.78 is 5.83. The Morgan fingerprint density at radius 3 is 2.93 bits per heavy atom. The summed E-state index contributed by atoms with van der Waals surface area (Å²) in [4.78, 5) is 31.7. The number of hydrogen-bond donors (Lipinski definition) is 2. The molecule has 0 aliphatic carbocycles. The van der Waals surface area contributed by atoms with Gasteiger partial charge in [-0.05, 0) is 35.0 Å². The average Bonchev–Trinajstić information content (AvgIpc) is 3.38. The highest BCUT2D eigenvalue weighted by Crippen LogP contribution is 2.35. The lowest BCUT2D eigenvalue weighted by molar-refractivity contribution is 0.0644. The number of benzene rings is 1. The average molecular weight is 468 g/mol. The van der Waals surface area contributed by atoms with Gasteiger partial charge in [0.2, 0.25) is 11.7 Å². The number of imidazole rings is 1. The van der Waals surface area contributed by atoms with Crippen LogP contribution in [0.25, 0.3) is 10.9 Å². The lowest BCUT2D eigenvalue weighted by Crippen LogP contribution is -2.41. The molecule has 0 spiro atoms. The zero-order chi connectivity index (χ0) is 20.8. The maximum atomic E-state index is 13.5. The molecule has 4 aromatic rings. The van der Waals surface area contributed by atoms with Gasteiger partial charge >= 0.3 is 0 Å². The molecule has 0 saturated heterocycles. The third-order valence-electron chi connectivity index (χ3n) is 5.24. The number of fused-ring (bicyclic) bond motifs is 2. The van der Waals surface area contributed by atoms with Crippen LogP contribution >= 0.6 is 15.9 Å². The first-order chi connectivity index (χ1) is 14.5. The number of pyridine rings is 1. The van der Waals surface area contributed by atoms with Gasteiger partial charge in [0, 0.05) is 24.0 Å². The number of aromatic nitrogens is 4. The summed E-state index contributed by atoms with van der Waals surface area (Å²) in [5.74, 6) is -0.200. The number of amides is 1. The fourth-order valence-electron chi connectivity index (χ4n) is 3.79. The van der Waals surface area contributed by atoms with Gasteiger partial charge in [-0.2, -0.15) is 0 Å². The number of nitrogens with zero attached hydrogens (tertiary/aromatic N) is 4. The van der Waals surface area contributed by atoms with Crippen LogP contribution < -0.4 is 0 Å². The van der Waals surface area contributed by atoms with Gasteiger partial charge in [0.05, 0.1) is 23.2 Å². The standard InChI is InChI=1S/C21H18BrN5O3/c1-11(28)20-26-19(22)18(30-20)21(29)27-9-8-14-16(24-10-23-14)17(27)15-7-6-12-4-2-3-5-13(12)25-15/h2-7,10-11,17,28H,8-9H2,1H3,(H,23,24)/t11?,17-/m1/s1. The maximum Gasteiger partial charge on any atom is 0.293 e. The van der Waals surface area contributed by atoms with Crippen LogP contribution in [0.1, 0.15) is 52.6 Å². The number of oxazole rings is 1. The molecule has 1 aliphatic rings. The lowest BCUT2D eigenvalue weighted by atomic mass is 9.98. The monoisotopic (exact) mass is 467 g/mol. The Morgan fingerprint density at radius 1 is 1.30 bits per heavy atom. The van der Waals surface area contributed by atoms with Gasteiger partial charge in [0.1, 0.15) is 12.1 Å². The van der Waals surface area contributed by atoms with E-state index in [1.54, 1.807) is 11.2 Å². The van der Waals surface area contributed by atoms with E-state index in [-0.39, 0.29) is 22.2 Å². The van der Waals surface area contributed by atoms with Crippen molar-refractivity contribution in [2.24, 2.45) is 0 Å². The third kappa shape index (κ3) is 3.10. The first kappa shape index (κ1) is 19.0. The van der Waals surface area contributed by atoms with E-state index in [1.165, 1.54) is 6.92 Å². The molecule has 9 heteroatoms. The maximum absolute atomic E-state index is 13.5. The van der Waals surface area contributed by atoms with Gasteiger partial charge in [-0.3, -0.25) is 9.78 Å². The van der Waals surface area contributed by atoms with Crippen LogP contribution in [0.5, 0.6) is 0 Å². The van der Waals surface area contributed by atoms with E-state index in [2.05, 4.69) is 30.9 Å². The number of carbonyl (C=O) groups is 1. The van der Waals surface area contributed by atoms with Crippen molar-refractivity contribution in [3.05, 3.63) is 76.1 Å². The smallest absolute Gasteiger partial charge is 0.293 e. The summed E-state index contributed by atoms with van der Waals surface area (Å²) in [5.41, 5.74) is 3.33. The number of nitrogens with one attached hydrogen (secondary N) is 1. The molecule has 0 bridgehead atoms. The number of halogens is 1. The first-order valence-electron chi connectivity index (χ1n) is 9.56. The summed E-state index contributed by atoms with van der Waals surface area (Å²) in [6.07, 6.45) is 1.36. The minimum Gasteiger partial charge on any atom is -0.431 e. The highest BCUT2D eigenvalue weighted by molar-refractivity contribution is 9.10. The molecule has 3 aromatic heterocycles. The molecule has 5 rings (SSSR count). The summed E-state index contributed by atoms with van der Waals surface area (Å²) >= 11 is 3.28. The van der Waals surface area contributed by atoms with Gasteiger partial charge in [0.15, 0.2) is 4.60 Å². The van der Waals surface area contributed by atoms with Gasteiger partial charge < -0.3 is 19.4 Å². The predicted octanol–water partition coefficient (Wildman–Crippen LogP) is 3.55. The van der Waals surface area contributed by atoms with Crippen LogP contribution in [0.2, 0.25) is 0 Å². The molecular weight excluding hydrogens is 450 g/mol. The molecular formula is C21H18BrN5O3. The van der Waals surface area contributed by atoms with Crippen molar-refractivity contribution in [3.63, 3.8) is 0 Å². The Labute approximate surface area is 180 Å². The van der Waals surface area contributed by atoms with Crippen LogP contribution in [-0.4, -0.2) is 42.4 Å². The van der Waals surface area contributed by atoms with Crippen LogP contribution in [-0.2, 0) is 6.42 Å². The fraction of sp³-hybridized carbons (Fsp3) is 0.238. The molecule has 2 atom stereocenters. The molecule has 152 valence electrons. The topological polar surface area (TPSA) is 108 Å². The summed E-state index contributed by atoms with van der Waals surface area (Å²) in [5, 5.41) is 10.8. The van der Waals surface area contributed by atoms with Crippen LogP contribution in [0.15, 0.2) is 51.7 Å². The van der Waals surface area contributed by atoms with E-state index >= 15 is 0 Å². The second-order valence-electron chi connectivity index (χ2n) is 7.19. The fourth-order valence-corrected chi connectivity index (χ4v) is 4.21. The van der Waals surface area contributed by atoms with E-state index < -0.39 is 12.1 Å². The van der Waals surface area contributed by atoms with E-state index in [4.69, 9.17) is 9.40 Å². The zero-order valence-corrected chi connectivity index (χ0v) is 17.6. The van der Waals surface area contributed by atoms with Crippen molar-refractivity contribution in [2.45, 2.75) is 25.5 Å². The SMILES string of the molecule is CC(O)c1nc(Br)c(C(=O)N2CCc3[nH]cnc3[C@H]2c2ccc3ccccc3n2)o1. The second-order valence-corrected chi connectivity index (χ2v) is 7.95. The van der Waals surface area contributed by atoms with E-state index in [9.17, 15) is 9.90 Å². The Kier molecular flexibility index (Phi) is 4.63. The number of aliphatic hydroxyl groups excluding tert-OH is 1. The molecule has 0 fully saturated rings. The minimum absolute atomic E-state index is 0.0516.